The number of halogens is 4. The van der Waals surface area contributed by atoms with Crippen molar-refractivity contribution in [2.45, 2.75) is 38.5 Å². The number of nitriles is 2. The molecule has 8 heteroatoms. The van der Waals surface area contributed by atoms with E-state index in [4.69, 9.17) is 0 Å². The number of alkyl halides is 2. The summed E-state index contributed by atoms with van der Waals surface area (Å²) in [4.78, 5) is 4.15. The first kappa shape index (κ1) is 21.6. The number of benzene rings is 2. The van der Waals surface area contributed by atoms with Crippen LogP contribution in [0.25, 0.3) is 11.3 Å². The number of hydrogen-bond acceptors (Lipinski definition) is 3. The van der Waals surface area contributed by atoms with Crippen molar-refractivity contribution in [2.24, 2.45) is 7.05 Å². The van der Waals surface area contributed by atoms with Gasteiger partial charge in [-0.1, -0.05) is 0 Å². The molecule has 4 nitrogen and oxygen atoms in total. The van der Waals surface area contributed by atoms with Crippen molar-refractivity contribution >= 4 is 0 Å². The van der Waals surface area contributed by atoms with Gasteiger partial charge in [0, 0.05) is 13.0 Å². The number of hydrogen-bond donors (Lipinski definition) is 0. The third kappa shape index (κ3) is 3.15. The minimum atomic E-state index is -2.10. The number of rotatable bonds is 2. The Kier molecular flexibility index (Phi) is 5.26. The lowest BCUT2D eigenvalue weighted by molar-refractivity contribution is 0.141. The molecule has 1 aromatic heterocycles. The topological polar surface area (TPSA) is 65.4 Å². The molecular formula is C24H18F4N4. The molecule has 0 fully saturated rings. The van der Waals surface area contributed by atoms with Gasteiger partial charge in [0.05, 0.1) is 34.7 Å². The normalized spacial score (nSPS) is 19.8. The predicted molar refractivity (Wildman–Crippen MR) is 109 cm³/mol. The SMILES string of the molecule is Cc1c([C@H]2C[C@H](F)[C@H](F)c3cc(F)cc(C#N)c32)cc(F)c(-c2cnc(C)n2C)c1C#N. The third-order valence-electron chi connectivity index (χ3n) is 6.26. The highest BCUT2D eigenvalue weighted by Gasteiger charge is 2.39. The molecule has 3 atom stereocenters. The first-order valence-electron chi connectivity index (χ1n) is 9.92. The molecule has 3 aromatic rings. The van der Waals surface area contributed by atoms with Crippen molar-refractivity contribution < 1.29 is 17.6 Å². The molecule has 1 aliphatic carbocycles. The zero-order valence-corrected chi connectivity index (χ0v) is 17.5. The highest BCUT2D eigenvalue weighted by molar-refractivity contribution is 5.72. The monoisotopic (exact) mass is 438 g/mol. The van der Waals surface area contributed by atoms with E-state index in [9.17, 15) is 23.7 Å². The Labute approximate surface area is 182 Å². The van der Waals surface area contributed by atoms with Crippen molar-refractivity contribution in [3.8, 4) is 23.4 Å². The first-order chi connectivity index (χ1) is 15.2. The molecular weight excluding hydrogens is 420 g/mol. The second kappa shape index (κ2) is 7.80. The minimum Gasteiger partial charge on any atom is -0.331 e. The van der Waals surface area contributed by atoms with Crippen molar-refractivity contribution in [1.29, 1.82) is 10.5 Å². The van der Waals surface area contributed by atoms with Crippen LogP contribution in [0, 0.1) is 48.1 Å². The Morgan fingerprint density at radius 1 is 1.06 bits per heavy atom. The molecule has 2 aromatic carbocycles. The van der Waals surface area contributed by atoms with E-state index >= 15 is 4.39 Å². The quantitative estimate of drug-likeness (QED) is 0.489. The molecule has 0 amide bonds. The summed E-state index contributed by atoms with van der Waals surface area (Å²) in [6, 6.07) is 6.90. The largest absolute Gasteiger partial charge is 0.331 e. The van der Waals surface area contributed by atoms with Gasteiger partial charge in [-0.25, -0.2) is 22.5 Å². The highest BCUT2D eigenvalue weighted by Crippen LogP contribution is 2.48. The lowest BCUT2D eigenvalue weighted by atomic mass is 9.73. The summed E-state index contributed by atoms with van der Waals surface area (Å²) in [6.07, 6.45) is -2.95. The Balaban J connectivity index is 2.00. The van der Waals surface area contributed by atoms with Gasteiger partial charge in [0.2, 0.25) is 0 Å². The van der Waals surface area contributed by atoms with Crippen LogP contribution in [0.3, 0.4) is 0 Å². The molecule has 0 spiro atoms. The smallest absolute Gasteiger partial charge is 0.157 e. The fourth-order valence-corrected chi connectivity index (χ4v) is 4.54. The Hall–Kier alpha value is -3.65. The molecule has 0 aliphatic heterocycles. The molecule has 4 rings (SSSR count). The number of aromatic nitrogens is 2. The summed E-state index contributed by atoms with van der Waals surface area (Å²) in [6.45, 7) is 3.34. The number of imidazole rings is 1. The van der Waals surface area contributed by atoms with Gasteiger partial charge >= 0.3 is 0 Å². The van der Waals surface area contributed by atoms with E-state index in [1.807, 2.05) is 12.1 Å². The fourth-order valence-electron chi connectivity index (χ4n) is 4.54. The lowest BCUT2D eigenvalue weighted by Gasteiger charge is -2.33. The maximum Gasteiger partial charge on any atom is 0.157 e. The van der Waals surface area contributed by atoms with Gasteiger partial charge in [0.25, 0.3) is 0 Å². The van der Waals surface area contributed by atoms with E-state index < -0.39 is 29.9 Å². The van der Waals surface area contributed by atoms with Crippen LogP contribution in [0.4, 0.5) is 17.6 Å². The predicted octanol–water partition coefficient (Wildman–Crippen LogP) is 5.61. The second-order valence-electron chi connectivity index (χ2n) is 7.96. The maximum atomic E-state index is 15.4. The highest BCUT2D eigenvalue weighted by atomic mass is 19.2. The second-order valence-corrected chi connectivity index (χ2v) is 7.96. The molecule has 162 valence electrons. The summed E-state index contributed by atoms with van der Waals surface area (Å²) in [5.74, 6) is -1.85. The molecule has 1 heterocycles. The van der Waals surface area contributed by atoms with Gasteiger partial charge in [-0.2, -0.15) is 10.5 Å². The standard InChI is InChI=1S/C24H18F4N4/c1-11-15(6-19(26)23(18(11)9-30)21-10-31-12(2)32(21)3)16-7-20(27)24(28)17-5-14(25)4-13(8-29)22(16)17/h4-6,10,16,20,24H,7H2,1-3H3/t16-,20+,24-/m1/s1. The molecule has 1 aliphatic rings. The van der Waals surface area contributed by atoms with Gasteiger partial charge < -0.3 is 4.57 Å². The molecule has 0 saturated carbocycles. The van der Waals surface area contributed by atoms with Gasteiger partial charge in [-0.3, -0.25) is 0 Å². The summed E-state index contributed by atoms with van der Waals surface area (Å²) >= 11 is 0. The zero-order valence-electron chi connectivity index (χ0n) is 17.5. The molecule has 0 bridgehead atoms. The van der Waals surface area contributed by atoms with Crippen molar-refractivity contribution in [1.82, 2.24) is 9.55 Å². The average Bonchev–Trinajstić information content (AvgIpc) is 3.09. The van der Waals surface area contributed by atoms with Crippen LogP contribution in [0.5, 0.6) is 0 Å². The summed E-state index contributed by atoms with van der Waals surface area (Å²) in [5, 5.41) is 19.4. The Morgan fingerprint density at radius 2 is 1.78 bits per heavy atom. The molecule has 0 saturated heterocycles. The van der Waals surface area contributed by atoms with Crippen molar-refractivity contribution in [2.75, 3.05) is 0 Å². The van der Waals surface area contributed by atoms with Crippen LogP contribution in [0.1, 0.15) is 57.7 Å². The minimum absolute atomic E-state index is 0.0444. The van der Waals surface area contributed by atoms with Crippen LogP contribution < -0.4 is 0 Å². The van der Waals surface area contributed by atoms with Crippen LogP contribution in [0.15, 0.2) is 24.4 Å². The van der Waals surface area contributed by atoms with Crippen molar-refractivity contribution in [3.63, 3.8) is 0 Å². The zero-order chi connectivity index (χ0) is 23.3. The van der Waals surface area contributed by atoms with Gasteiger partial charge in [-0.05, 0) is 60.7 Å². The molecule has 0 N–H and O–H groups in total. The number of nitrogens with zero attached hydrogens (tertiary/aromatic N) is 4. The van der Waals surface area contributed by atoms with Crippen LogP contribution in [-0.4, -0.2) is 15.7 Å². The summed E-state index contributed by atoms with van der Waals surface area (Å²) < 4.78 is 60.3. The van der Waals surface area contributed by atoms with Crippen LogP contribution in [0.2, 0.25) is 0 Å². The third-order valence-corrected chi connectivity index (χ3v) is 6.26. The maximum absolute atomic E-state index is 15.4. The van der Waals surface area contributed by atoms with Crippen LogP contribution in [-0.2, 0) is 7.05 Å². The molecule has 0 unspecified atom stereocenters. The van der Waals surface area contributed by atoms with Gasteiger partial charge in [0.1, 0.15) is 29.7 Å². The van der Waals surface area contributed by atoms with E-state index in [-0.39, 0.29) is 39.8 Å². The lowest BCUT2D eigenvalue weighted by Crippen LogP contribution is -2.25. The van der Waals surface area contributed by atoms with E-state index in [0.29, 0.717) is 17.1 Å². The van der Waals surface area contributed by atoms with Gasteiger partial charge in [-0.15, -0.1) is 0 Å². The average molecular weight is 438 g/mol. The molecule has 32 heavy (non-hydrogen) atoms. The molecule has 0 radical (unpaired) electrons. The Morgan fingerprint density at radius 3 is 2.38 bits per heavy atom. The number of aryl methyl sites for hydroxylation is 1. The van der Waals surface area contributed by atoms with Crippen molar-refractivity contribution in [3.05, 3.63) is 75.2 Å². The van der Waals surface area contributed by atoms with Crippen LogP contribution >= 0.6 is 0 Å². The summed E-state index contributed by atoms with van der Waals surface area (Å²) in [7, 11) is 1.70. The van der Waals surface area contributed by atoms with E-state index in [2.05, 4.69) is 4.98 Å². The number of fused-ring (bicyclic) bond motifs is 1. The first-order valence-corrected chi connectivity index (χ1v) is 9.92. The van der Waals surface area contributed by atoms with E-state index in [0.717, 1.165) is 12.1 Å². The van der Waals surface area contributed by atoms with E-state index in [1.165, 1.54) is 12.3 Å². The summed E-state index contributed by atoms with van der Waals surface area (Å²) in [5.41, 5.74) is 0.903. The Bertz CT molecular complexity index is 1330. The fraction of sp³-hybridized carbons (Fsp3) is 0.292. The van der Waals surface area contributed by atoms with Gasteiger partial charge in [0.15, 0.2) is 6.17 Å². The van der Waals surface area contributed by atoms with E-state index in [1.54, 1.807) is 25.5 Å².